The molecule has 0 heterocycles. The first-order valence-electron chi connectivity index (χ1n) is 7.34. The van der Waals surface area contributed by atoms with E-state index in [0.717, 1.165) is 19.7 Å². The number of ether oxygens (including phenoxy) is 1. The van der Waals surface area contributed by atoms with Gasteiger partial charge in [0.2, 0.25) is 0 Å². The average Bonchev–Trinajstić information content (AvgIpc) is 2.36. The van der Waals surface area contributed by atoms with E-state index in [2.05, 4.69) is 45.1 Å². The molecule has 0 aromatic heterocycles. The van der Waals surface area contributed by atoms with Gasteiger partial charge in [-0.3, -0.25) is 0 Å². The van der Waals surface area contributed by atoms with Gasteiger partial charge in [0.05, 0.1) is 6.61 Å². The first-order chi connectivity index (χ1) is 9.08. The Morgan fingerprint density at radius 2 is 1.79 bits per heavy atom. The van der Waals surface area contributed by atoms with Gasteiger partial charge >= 0.3 is 0 Å². The Labute approximate surface area is 118 Å². The number of methoxy groups -OCH3 is 1. The number of nitrogens with one attached hydrogen (secondary N) is 1. The molecule has 0 radical (unpaired) electrons. The summed E-state index contributed by atoms with van der Waals surface area (Å²) in [6.07, 6.45) is 2.39. The number of rotatable bonds is 8. The number of hydrogen-bond donors (Lipinski definition) is 1. The smallest absolute Gasteiger partial charge is 0.0587 e. The highest BCUT2D eigenvalue weighted by molar-refractivity contribution is 5.37. The van der Waals surface area contributed by atoms with E-state index in [1.807, 2.05) is 0 Å². The Kier molecular flexibility index (Phi) is 7.11. The molecule has 0 spiro atoms. The summed E-state index contributed by atoms with van der Waals surface area (Å²) in [6.45, 7) is 11.7. The van der Waals surface area contributed by atoms with Crippen LogP contribution in [0.25, 0.3) is 0 Å². The van der Waals surface area contributed by atoms with Crippen molar-refractivity contribution >= 4 is 0 Å². The molecule has 0 saturated carbocycles. The van der Waals surface area contributed by atoms with Gasteiger partial charge in [0.15, 0.2) is 0 Å². The van der Waals surface area contributed by atoms with Crippen molar-refractivity contribution in [1.82, 2.24) is 5.32 Å². The fourth-order valence-electron chi connectivity index (χ4n) is 2.66. The van der Waals surface area contributed by atoms with Crippen molar-refractivity contribution in [2.45, 2.75) is 40.5 Å². The molecule has 0 fully saturated rings. The summed E-state index contributed by atoms with van der Waals surface area (Å²) < 4.78 is 5.06. The van der Waals surface area contributed by atoms with Gasteiger partial charge in [0.25, 0.3) is 0 Å². The fourth-order valence-corrected chi connectivity index (χ4v) is 2.66. The van der Waals surface area contributed by atoms with Crippen molar-refractivity contribution < 1.29 is 4.74 Å². The van der Waals surface area contributed by atoms with Crippen LogP contribution in [0.4, 0.5) is 0 Å². The first-order valence-corrected chi connectivity index (χ1v) is 7.34. The van der Waals surface area contributed by atoms with Gasteiger partial charge in [-0.15, -0.1) is 0 Å². The molecule has 0 aliphatic carbocycles. The van der Waals surface area contributed by atoms with Gasteiger partial charge in [-0.2, -0.15) is 0 Å². The quantitative estimate of drug-likeness (QED) is 0.726. The highest BCUT2D eigenvalue weighted by Crippen LogP contribution is 2.21. The summed E-state index contributed by atoms with van der Waals surface area (Å²) in [5.41, 5.74) is 5.77. The number of benzene rings is 1. The Bertz CT molecular complexity index is 364. The van der Waals surface area contributed by atoms with Crippen LogP contribution in [0.5, 0.6) is 0 Å². The molecule has 0 aliphatic heterocycles. The van der Waals surface area contributed by atoms with E-state index in [1.165, 1.54) is 35.1 Å². The molecule has 108 valence electrons. The summed E-state index contributed by atoms with van der Waals surface area (Å²) in [7, 11) is 1.75. The molecule has 1 atom stereocenters. The molecule has 2 heteroatoms. The van der Waals surface area contributed by atoms with Gasteiger partial charge < -0.3 is 10.1 Å². The van der Waals surface area contributed by atoms with Crippen molar-refractivity contribution in [1.29, 1.82) is 0 Å². The van der Waals surface area contributed by atoms with Crippen molar-refractivity contribution in [2.75, 3.05) is 26.8 Å². The molecule has 0 saturated heterocycles. The van der Waals surface area contributed by atoms with E-state index in [9.17, 15) is 0 Å². The Hall–Kier alpha value is -0.860. The van der Waals surface area contributed by atoms with Gasteiger partial charge in [-0.1, -0.05) is 31.0 Å². The summed E-state index contributed by atoms with van der Waals surface area (Å²) >= 11 is 0. The maximum absolute atomic E-state index is 5.06. The van der Waals surface area contributed by atoms with Crippen LogP contribution in [0.3, 0.4) is 0 Å². The highest BCUT2D eigenvalue weighted by atomic mass is 16.5. The van der Waals surface area contributed by atoms with E-state index in [4.69, 9.17) is 4.74 Å². The zero-order valence-corrected chi connectivity index (χ0v) is 13.2. The van der Waals surface area contributed by atoms with Crippen molar-refractivity contribution in [3.8, 4) is 0 Å². The molecule has 1 unspecified atom stereocenters. The second kappa shape index (κ2) is 8.34. The zero-order valence-electron chi connectivity index (χ0n) is 13.2. The predicted octanol–water partition coefficient (Wildman–Crippen LogP) is 3.42. The minimum Gasteiger partial charge on any atom is -0.383 e. The third kappa shape index (κ3) is 5.33. The minimum atomic E-state index is 0.706. The Balaban J connectivity index is 2.60. The van der Waals surface area contributed by atoms with Crippen molar-refractivity contribution in [2.24, 2.45) is 5.92 Å². The lowest BCUT2D eigenvalue weighted by Gasteiger charge is -2.19. The molecular formula is C17H29NO. The summed E-state index contributed by atoms with van der Waals surface area (Å²) in [6, 6.07) is 4.60. The highest BCUT2D eigenvalue weighted by Gasteiger charge is 2.11. The largest absolute Gasteiger partial charge is 0.383 e. The SMILES string of the molecule is CCC(CNCCOC)Cc1c(C)cc(C)cc1C. The van der Waals surface area contributed by atoms with Crippen LogP contribution < -0.4 is 5.32 Å². The lowest BCUT2D eigenvalue weighted by Crippen LogP contribution is -2.27. The lowest BCUT2D eigenvalue weighted by molar-refractivity contribution is 0.197. The standard InChI is InChI=1S/C17H29NO/c1-6-16(12-18-7-8-19-5)11-17-14(3)9-13(2)10-15(17)4/h9-10,16,18H,6-8,11-12H2,1-5H3. The normalized spacial score (nSPS) is 12.7. The fraction of sp³-hybridized carbons (Fsp3) is 0.647. The minimum absolute atomic E-state index is 0.706. The topological polar surface area (TPSA) is 21.3 Å². The molecular weight excluding hydrogens is 234 g/mol. The number of hydrogen-bond acceptors (Lipinski definition) is 2. The van der Waals surface area contributed by atoms with Gasteiger partial charge in [-0.05, 0) is 56.3 Å². The van der Waals surface area contributed by atoms with Gasteiger partial charge in [0, 0.05) is 13.7 Å². The van der Waals surface area contributed by atoms with Crippen LogP contribution in [0.2, 0.25) is 0 Å². The van der Waals surface area contributed by atoms with Crippen LogP contribution in [-0.2, 0) is 11.2 Å². The van der Waals surface area contributed by atoms with Gasteiger partial charge in [-0.25, -0.2) is 0 Å². The third-order valence-electron chi connectivity index (χ3n) is 3.83. The average molecular weight is 263 g/mol. The first kappa shape index (κ1) is 16.2. The van der Waals surface area contributed by atoms with E-state index in [0.29, 0.717) is 5.92 Å². The summed E-state index contributed by atoms with van der Waals surface area (Å²) in [5.74, 6) is 0.706. The van der Waals surface area contributed by atoms with Crippen LogP contribution >= 0.6 is 0 Å². The molecule has 0 bridgehead atoms. The summed E-state index contributed by atoms with van der Waals surface area (Å²) in [5, 5.41) is 3.48. The molecule has 1 N–H and O–H groups in total. The summed E-state index contributed by atoms with van der Waals surface area (Å²) in [4.78, 5) is 0. The lowest BCUT2D eigenvalue weighted by atomic mass is 9.90. The van der Waals surface area contributed by atoms with E-state index < -0.39 is 0 Å². The second-order valence-corrected chi connectivity index (χ2v) is 5.55. The Morgan fingerprint density at radius 1 is 1.16 bits per heavy atom. The molecule has 1 rings (SSSR count). The van der Waals surface area contributed by atoms with E-state index in [-0.39, 0.29) is 0 Å². The molecule has 2 nitrogen and oxygen atoms in total. The second-order valence-electron chi connectivity index (χ2n) is 5.55. The molecule has 1 aromatic rings. The van der Waals surface area contributed by atoms with Crippen LogP contribution in [0.1, 0.15) is 35.6 Å². The molecule has 0 aliphatic rings. The monoisotopic (exact) mass is 263 g/mol. The zero-order chi connectivity index (χ0) is 14.3. The molecule has 1 aromatic carbocycles. The predicted molar refractivity (Wildman–Crippen MR) is 82.9 cm³/mol. The maximum atomic E-state index is 5.06. The van der Waals surface area contributed by atoms with Crippen molar-refractivity contribution in [3.63, 3.8) is 0 Å². The van der Waals surface area contributed by atoms with E-state index >= 15 is 0 Å². The number of aryl methyl sites for hydroxylation is 3. The van der Waals surface area contributed by atoms with Crippen LogP contribution in [0, 0.1) is 26.7 Å². The molecule has 19 heavy (non-hydrogen) atoms. The molecule has 0 amide bonds. The van der Waals surface area contributed by atoms with Gasteiger partial charge in [0.1, 0.15) is 0 Å². The maximum Gasteiger partial charge on any atom is 0.0587 e. The third-order valence-corrected chi connectivity index (χ3v) is 3.83. The van der Waals surface area contributed by atoms with Crippen molar-refractivity contribution in [3.05, 3.63) is 34.4 Å². The van der Waals surface area contributed by atoms with E-state index in [1.54, 1.807) is 7.11 Å². The van der Waals surface area contributed by atoms with Crippen LogP contribution in [0.15, 0.2) is 12.1 Å². The van der Waals surface area contributed by atoms with Crippen LogP contribution in [-0.4, -0.2) is 26.8 Å². The Morgan fingerprint density at radius 3 is 2.32 bits per heavy atom.